The molecule has 0 aromatic heterocycles. The third kappa shape index (κ3) is 9.89. The maximum absolute atomic E-state index is 10.0. The van der Waals surface area contributed by atoms with Crippen LogP contribution in [0, 0.1) is 5.92 Å². The van der Waals surface area contributed by atoms with Gasteiger partial charge in [-0.2, -0.15) is 0 Å². The summed E-state index contributed by atoms with van der Waals surface area (Å²) in [6.45, 7) is 6.42. The molecule has 1 heterocycles. The Morgan fingerprint density at radius 1 is 1.07 bits per heavy atom. The highest BCUT2D eigenvalue weighted by molar-refractivity contribution is 5.69. The van der Waals surface area contributed by atoms with E-state index in [-0.39, 0.29) is 31.0 Å². The highest BCUT2D eigenvalue weighted by Crippen LogP contribution is 2.50. The minimum absolute atomic E-state index is 0.0498. The van der Waals surface area contributed by atoms with E-state index in [0.29, 0.717) is 12.0 Å². The molecule has 7 nitrogen and oxygen atoms in total. The molecular formula is C20H36O7. The van der Waals surface area contributed by atoms with Crippen LogP contribution < -0.4 is 0 Å². The monoisotopic (exact) mass is 388 g/mol. The van der Waals surface area contributed by atoms with Crippen LogP contribution in [0.2, 0.25) is 0 Å². The van der Waals surface area contributed by atoms with Crippen LogP contribution >= 0.6 is 0 Å². The van der Waals surface area contributed by atoms with Gasteiger partial charge < -0.3 is 25.2 Å². The third-order valence-electron chi connectivity index (χ3n) is 4.97. The van der Waals surface area contributed by atoms with E-state index < -0.39 is 11.9 Å². The van der Waals surface area contributed by atoms with Gasteiger partial charge in [0.05, 0.1) is 17.8 Å². The summed E-state index contributed by atoms with van der Waals surface area (Å²) in [4.78, 5) is 19.6. The minimum Gasteiger partial charge on any atom is -0.481 e. The van der Waals surface area contributed by atoms with E-state index in [4.69, 9.17) is 20.1 Å². The molecule has 158 valence electrons. The first-order chi connectivity index (χ1) is 12.7. The first kappa shape index (κ1) is 25.6. The van der Waals surface area contributed by atoms with Gasteiger partial charge >= 0.3 is 11.9 Å². The number of aliphatic hydroxyl groups excluding tert-OH is 2. The summed E-state index contributed by atoms with van der Waals surface area (Å²) < 4.78 is 5.86. The van der Waals surface area contributed by atoms with Gasteiger partial charge in [0.1, 0.15) is 0 Å². The quantitative estimate of drug-likeness (QED) is 0.390. The molecule has 1 aliphatic heterocycles. The zero-order chi connectivity index (χ0) is 21.0. The van der Waals surface area contributed by atoms with Gasteiger partial charge in [-0.25, -0.2) is 0 Å². The predicted octanol–water partition coefficient (Wildman–Crippen LogP) is 2.99. The average Bonchev–Trinajstić information content (AvgIpc) is 3.26. The molecule has 1 saturated carbocycles. The second-order valence-electron chi connectivity index (χ2n) is 7.41. The van der Waals surface area contributed by atoms with Crippen LogP contribution in [0.5, 0.6) is 0 Å². The van der Waals surface area contributed by atoms with Crippen molar-refractivity contribution in [3.63, 3.8) is 0 Å². The Bertz CT molecular complexity index is 471. The summed E-state index contributed by atoms with van der Waals surface area (Å²) in [6, 6.07) is 0. The van der Waals surface area contributed by atoms with E-state index in [9.17, 15) is 14.7 Å². The first-order valence-corrected chi connectivity index (χ1v) is 9.54. The van der Waals surface area contributed by atoms with Crippen LogP contribution in [0.1, 0.15) is 72.1 Å². The van der Waals surface area contributed by atoms with Gasteiger partial charge in [-0.05, 0) is 46.5 Å². The number of ether oxygens (including phenoxy) is 1. The van der Waals surface area contributed by atoms with Crippen molar-refractivity contribution in [2.75, 3.05) is 7.11 Å². The molecule has 2 rings (SSSR count). The average molecular weight is 389 g/mol. The van der Waals surface area contributed by atoms with E-state index in [1.54, 1.807) is 0 Å². The van der Waals surface area contributed by atoms with Crippen molar-refractivity contribution in [1.29, 1.82) is 0 Å². The summed E-state index contributed by atoms with van der Waals surface area (Å²) >= 11 is 0. The van der Waals surface area contributed by atoms with Crippen LogP contribution in [0.25, 0.3) is 0 Å². The molecule has 0 amide bonds. The Hall–Kier alpha value is -1.44. The van der Waals surface area contributed by atoms with Crippen LogP contribution in [0.15, 0.2) is 11.6 Å². The fourth-order valence-corrected chi connectivity index (χ4v) is 3.39. The van der Waals surface area contributed by atoms with Crippen molar-refractivity contribution in [3.8, 4) is 0 Å². The van der Waals surface area contributed by atoms with Gasteiger partial charge in [-0.15, -0.1) is 0 Å². The topological polar surface area (TPSA) is 128 Å². The van der Waals surface area contributed by atoms with Crippen molar-refractivity contribution >= 4 is 11.9 Å². The zero-order valence-electron chi connectivity index (χ0n) is 17.0. The molecule has 0 bridgehead atoms. The SMILES string of the molecule is CC(C)=CCC1OC1(C)C1CCCCC1O.CO.O=C(O)CCCC(=O)O. The molecular weight excluding hydrogens is 352 g/mol. The lowest BCUT2D eigenvalue weighted by Crippen LogP contribution is -2.36. The minimum atomic E-state index is -0.948. The largest absolute Gasteiger partial charge is 0.481 e. The van der Waals surface area contributed by atoms with Crippen molar-refractivity contribution in [3.05, 3.63) is 11.6 Å². The number of allylic oxidation sites excluding steroid dienone is 1. The Kier molecular flexibility index (Phi) is 12.2. The van der Waals surface area contributed by atoms with E-state index in [0.717, 1.165) is 26.4 Å². The Balaban J connectivity index is 0.000000528. The lowest BCUT2D eigenvalue weighted by Gasteiger charge is -2.31. The maximum atomic E-state index is 10.0. The molecule has 4 atom stereocenters. The molecule has 7 heteroatoms. The second-order valence-corrected chi connectivity index (χ2v) is 7.41. The molecule has 0 radical (unpaired) electrons. The number of hydrogen-bond donors (Lipinski definition) is 4. The Morgan fingerprint density at radius 2 is 1.59 bits per heavy atom. The fourth-order valence-electron chi connectivity index (χ4n) is 3.39. The molecule has 2 fully saturated rings. The Morgan fingerprint density at radius 3 is 2.04 bits per heavy atom. The van der Waals surface area contributed by atoms with Crippen LogP contribution in [0.4, 0.5) is 0 Å². The highest BCUT2D eigenvalue weighted by Gasteiger charge is 2.58. The van der Waals surface area contributed by atoms with Gasteiger partial charge in [0.2, 0.25) is 0 Å². The molecule has 27 heavy (non-hydrogen) atoms. The number of carbonyl (C=O) groups is 2. The number of epoxide rings is 1. The summed E-state index contributed by atoms with van der Waals surface area (Å²) in [6.07, 6.45) is 8.02. The smallest absolute Gasteiger partial charge is 0.303 e. The van der Waals surface area contributed by atoms with Gasteiger partial charge in [0.25, 0.3) is 0 Å². The summed E-state index contributed by atoms with van der Waals surface area (Å²) in [7, 11) is 1.00. The summed E-state index contributed by atoms with van der Waals surface area (Å²) in [5, 5.41) is 33.1. The maximum Gasteiger partial charge on any atom is 0.303 e. The highest BCUT2D eigenvalue weighted by atomic mass is 16.6. The second kappa shape index (κ2) is 12.9. The van der Waals surface area contributed by atoms with Crippen LogP contribution in [-0.2, 0) is 14.3 Å². The Labute approximate surface area is 162 Å². The van der Waals surface area contributed by atoms with Crippen molar-refractivity contribution in [2.45, 2.75) is 89.9 Å². The number of aliphatic carboxylic acids is 2. The number of aliphatic hydroxyl groups is 2. The van der Waals surface area contributed by atoms with Gasteiger partial charge in [-0.3, -0.25) is 9.59 Å². The molecule has 0 spiro atoms. The van der Waals surface area contributed by atoms with Crippen molar-refractivity contribution in [2.24, 2.45) is 5.92 Å². The molecule has 2 aliphatic rings. The molecule has 1 aliphatic carbocycles. The lowest BCUT2D eigenvalue weighted by atomic mass is 9.76. The van der Waals surface area contributed by atoms with Crippen molar-refractivity contribution < 1.29 is 34.8 Å². The first-order valence-electron chi connectivity index (χ1n) is 9.54. The molecule has 0 aromatic carbocycles. The number of carboxylic acids is 2. The van der Waals surface area contributed by atoms with E-state index in [1.807, 2.05) is 0 Å². The normalized spacial score (nSPS) is 28.6. The standard InChI is InChI=1S/C14H24O2.C5H8O4.CH4O/c1-10(2)8-9-13-14(3,16-13)11-6-4-5-7-12(11)15;6-4(7)2-1-3-5(8)9;1-2/h8,11-13,15H,4-7,9H2,1-3H3;1-3H2,(H,6,7)(H,8,9);2H,1H3. The number of rotatable bonds is 7. The molecule has 4 N–H and O–H groups in total. The van der Waals surface area contributed by atoms with E-state index in [1.165, 1.54) is 18.4 Å². The molecule has 4 unspecified atom stereocenters. The van der Waals surface area contributed by atoms with Crippen LogP contribution in [0.3, 0.4) is 0 Å². The van der Waals surface area contributed by atoms with E-state index >= 15 is 0 Å². The van der Waals surface area contributed by atoms with Gasteiger partial charge in [0, 0.05) is 25.9 Å². The molecule has 0 aromatic rings. The van der Waals surface area contributed by atoms with Gasteiger partial charge in [-0.1, -0.05) is 24.5 Å². The molecule has 1 saturated heterocycles. The predicted molar refractivity (Wildman–Crippen MR) is 103 cm³/mol. The zero-order valence-corrected chi connectivity index (χ0v) is 17.0. The number of carboxylic acid groups (broad SMARTS) is 2. The van der Waals surface area contributed by atoms with E-state index in [2.05, 4.69) is 26.8 Å². The van der Waals surface area contributed by atoms with Crippen molar-refractivity contribution in [1.82, 2.24) is 0 Å². The van der Waals surface area contributed by atoms with Gasteiger partial charge in [0.15, 0.2) is 0 Å². The summed E-state index contributed by atoms with van der Waals surface area (Å²) in [5.41, 5.74) is 1.30. The third-order valence-corrected chi connectivity index (χ3v) is 4.97. The van der Waals surface area contributed by atoms with Crippen LogP contribution in [-0.4, -0.2) is 57.3 Å². The lowest BCUT2D eigenvalue weighted by molar-refractivity contribution is -0.138. The number of hydrogen-bond acceptors (Lipinski definition) is 5. The fraction of sp³-hybridized carbons (Fsp3) is 0.800. The summed E-state index contributed by atoms with van der Waals surface area (Å²) in [5.74, 6) is -1.54.